The van der Waals surface area contributed by atoms with Gasteiger partial charge in [0.05, 0.1) is 11.0 Å². The van der Waals surface area contributed by atoms with E-state index in [4.69, 9.17) is 15.0 Å². The van der Waals surface area contributed by atoms with Crippen molar-refractivity contribution < 1.29 is 0 Å². The van der Waals surface area contributed by atoms with Gasteiger partial charge in [-0.15, -0.1) is 0 Å². The van der Waals surface area contributed by atoms with E-state index in [0.717, 1.165) is 55.3 Å². The second-order valence-electron chi connectivity index (χ2n) is 14.0. The summed E-state index contributed by atoms with van der Waals surface area (Å²) in [6.07, 6.45) is 0. The van der Waals surface area contributed by atoms with E-state index in [1.807, 2.05) is 36.4 Å². The minimum atomic E-state index is 0.635. The Hall–Kier alpha value is -7.43. The van der Waals surface area contributed by atoms with Crippen LogP contribution in [-0.2, 0) is 0 Å². The van der Waals surface area contributed by atoms with Crippen LogP contribution in [0.5, 0.6) is 0 Å². The predicted octanol–water partition coefficient (Wildman–Crippen LogP) is 13.1. The number of benzene rings is 9. The SMILES string of the molecule is c1ccc(-c2nc(-c3ccccc3)nc(-c3cccc4c3c3c(-c5ccccc5)cccc3n4-c3ccc4c5ccccc5c5ccccc5c4c3)n2)cc1. The van der Waals surface area contributed by atoms with E-state index < -0.39 is 0 Å². The van der Waals surface area contributed by atoms with Crippen molar-refractivity contribution in [1.29, 1.82) is 0 Å². The molecule has 0 bridgehead atoms. The van der Waals surface area contributed by atoms with E-state index in [1.165, 1.54) is 32.3 Å². The molecule has 256 valence electrons. The first-order valence-electron chi connectivity index (χ1n) is 18.6. The van der Waals surface area contributed by atoms with Crippen molar-refractivity contribution in [3.63, 3.8) is 0 Å². The molecule has 0 radical (unpaired) electrons. The molecule has 0 fully saturated rings. The van der Waals surface area contributed by atoms with Crippen molar-refractivity contribution in [3.8, 4) is 51.0 Å². The second kappa shape index (κ2) is 12.6. The molecule has 0 saturated carbocycles. The van der Waals surface area contributed by atoms with Crippen LogP contribution in [0.1, 0.15) is 0 Å². The maximum absolute atomic E-state index is 5.21. The molecule has 0 aliphatic heterocycles. The number of aromatic nitrogens is 4. The second-order valence-corrected chi connectivity index (χ2v) is 14.0. The molecule has 0 aliphatic carbocycles. The fraction of sp³-hybridized carbons (Fsp3) is 0. The van der Waals surface area contributed by atoms with Gasteiger partial charge in [0.2, 0.25) is 0 Å². The molecular formula is C51H32N4. The molecule has 11 aromatic rings. The van der Waals surface area contributed by atoms with Gasteiger partial charge in [-0.05, 0) is 67.7 Å². The average molecular weight is 701 g/mol. The van der Waals surface area contributed by atoms with Gasteiger partial charge in [0.15, 0.2) is 17.5 Å². The third-order valence-electron chi connectivity index (χ3n) is 10.8. The molecule has 4 heteroatoms. The molecule has 9 aromatic carbocycles. The quantitative estimate of drug-likeness (QED) is 0.168. The number of rotatable bonds is 5. The Morgan fingerprint density at radius 3 is 1.25 bits per heavy atom. The summed E-state index contributed by atoms with van der Waals surface area (Å²) in [4.78, 5) is 15.4. The highest BCUT2D eigenvalue weighted by Gasteiger charge is 2.22. The smallest absolute Gasteiger partial charge is 0.164 e. The molecule has 0 saturated heterocycles. The Kier molecular flexibility index (Phi) is 7.14. The van der Waals surface area contributed by atoms with E-state index in [-0.39, 0.29) is 0 Å². The standard InChI is InChI=1S/C51H32N4/c1-4-16-33(17-5-1)37-26-14-28-45-47(37)48-43(51-53-49(34-18-6-2-7-19-34)52-50(54-51)35-20-8-3-9-21-35)27-15-29-46(48)55(45)36-30-31-42-40-24-11-10-22-38(40)39-23-12-13-25-41(39)44(42)32-36/h1-32H. The maximum Gasteiger partial charge on any atom is 0.164 e. The summed E-state index contributed by atoms with van der Waals surface area (Å²) in [6.45, 7) is 0. The summed E-state index contributed by atoms with van der Waals surface area (Å²) in [5.74, 6) is 1.92. The zero-order valence-corrected chi connectivity index (χ0v) is 29.8. The largest absolute Gasteiger partial charge is 0.309 e. The van der Waals surface area contributed by atoms with Gasteiger partial charge >= 0.3 is 0 Å². The first kappa shape index (κ1) is 31.1. The molecule has 4 nitrogen and oxygen atoms in total. The minimum absolute atomic E-state index is 0.635. The van der Waals surface area contributed by atoms with Gasteiger partial charge < -0.3 is 4.57 Å². The van der Waals surface area contributed by atoms with Crippen molar-refractivity contribution in [2.24, 2.45) is 0 Å². The maximum atomic E-state index is 5.21. The Morgan fingerprint density at radius 1 is 0.291 bits per heavy atom. The number of hydrogen-bond donors (Lipinski definition) is 0. The molecule has 11 rings (SSSR count). The number of nitrogens with zero attached hydrogens (tertiary/aromatic N) is 4. The van der Waals surface area contributed by atoms with Gasteiger partial charge in [-0.2, -0.15) is 0 Å². The highest BCUT2D eigenvalue weighted by Crippen LogP contribution is 2.44. The van der Waals surface area contributed by atoms with Crippen molar-refractivity contribution >= 4 is 54.1 Å². The van der Waals surface area contributed by atoms with E-state index in [0.29, 0.717) is 17.5 Å². The molecule has 0 N–H and O–H groups in total. The Bertz CT molecular complexity index is 3150. The van der Waals surface area contributed by atoms with Crippen LogP contribution in [0.15, 0.2) is 194 Å². The number of fused-ring (bicyclic) bond motifs is 9. The summed E-state index contributed by atoms with van der Waals surface area (Å²) in [5, 5.41) is 9.78. The normalized spacial score (nSPS) is 11.6. The molecule has 0 amide bonds. The van der Waals surface area contributed by atoms with Crippen molar-refractivity contribution in [2.75, 3.05) is 0 Å². The number of hydrogen-bond acceptors (Lipinski definition) is 3. The van der Waals surface area contributed by atoms with Crippen molar-refractivity contribution in [2.45, 2.75) is 0 Å². The van der Waals surface area contributed by atoms with Crippen LogP contribution >= 0.6 is 0 Å². The van der Waals surface area contributed by atoms with E-state index >= 15 is 0 Å². The minimum Gasteiger partial charge on any atom is -0.309 e. The van der Waals surface area contributed by atoms with Crippen LogP contribution in [0.25, 0.3) is 105 Å². The van der Waals surface area contributed by atoms with Gasteiger partial charge in [0.25, 0.3) is 0 Å². The highest BCUT2D eigenvalue weighted by atomic mass is 15.0. The molecule has 55 heavy (non-hydrogen) atoms. The van der Waals surface area contributed by atoms with Crippen LogP contribution in [0.3, 0.4) is 0 Å². The Balaban J connectivity index is 1.25. The fourth-order valence-corrected chi connectivity index (χ4v) is 8.39. The monoisotopic (exact) mass is 700 g/mol. The molecular weight excluding hydrogens is 669 g/mol. The molecule has 0 spiro atoms. The zero-order valence-electron chi connectivity index (χ0n) is 29.8. The van der Waals surface area contributed by atoms with Crippen molar-refractivity contribution in [1.82, 2.24) is 19.5 Å². The lowest BCUT2D eigenvalue weighted by Gasteiger charge is -2.14. The Morgan fingerprint density at radius 2 is 0.709 bits per heavy atom. The summed E-state index contributed by atoms with van der Waals surface area (Å²) >= 11 is 0. The topological polar surface area (TPSA) is 43.6 Å². The van der Waals surface area contributed by atoms with Crippen LogP contribution in [0, 0.1) is 0 Å². The third kappa shape index (κ3) is 5.03. The van der Waals surface area contributed by atoms with Gasteiger partial charge in [-0.3, -0.25) is 0 Å². The lowest BCUT2D eigenvalue weighted by atomic mass is 9.94. The van der Waals surface area contributed by atoms with Crippen molar-refractivity contribution in [3.05, 3.63) is 194 Å². The molecule has 2 heterocycles. The van der Waals surface area contributed by atoms with Crippen LogP contribution < -0.4 is 0 Å². The predicted molar refractivity (Wildman–Crippen MR) is 228 cm³/mol. The highest BCUT2D eigenvalue weighted by molar-refractivity contribution is 6.26. The van der Waals surface area contributed by atoms with Gasteiger partial charge in [-0.25, -0.2) is 15.0 Å². The van der Waals surface area contributed by atoms with E-state index in [1.54, 1.807) is 0 Å². The van der Waals surface area contributed by atoms with Crippen LogP contribution in [0.2, 0.25) is 0 Å². The first-order valence-corrected chi connectivity index (χ1v) is 18.6. The van der Waals surface area contributed by atoms with Gasteiger partial charge in [0, 0.05) is 33.2 Å². The van der Waals surface area contributed by atoms with Gasteiger partial charge in [-0.1, -0.05) is 170 Å². The zero-order chi connectivity index (χ0) is 36.3. The average Bonchev–Trinajstić information content (AvgIpc) is 3.62. The summed E-state index contributed by atoms with van der Waals surface area (Å²) in [5.41, 5.74) is 8.46. The van der Waals surface area contributed by atoms with Gasteiger partial charge in [0.1, 0.15) is 0 Å². The van der Waals surface area contributed by atoms with E-state index in [2.05, 4.69) is 162 Å². The lowest BCUT2D eigenvalue weighted by Crippen LogP contribution is -2.00. The third-order valence-corrected chi connectivity index (χ3v) is 10.8. The van der Waals surface area contributed by atoms with E-state index in [9.17, 15) is 0 Å². The molecule has 0 unspecified atom stereocenters. The molecule has 2 aromatic heterocycles. The van der Waals surface area contributed by atoms with Crippen LogP contribution in [-0.4, -0.2) is 19.5 Å². The Labute approximate surface area is 317 Å². The fourth-order valence-electron chi connectivity index (χ4n) is 8.39. The lowest BCUT2D eigenvalue weighted by molar-refractivity contribution is 1.08. The van der Waals surface area contributed by atoms with Crippen LogP contribution in [0.4, 0.5) is 0 Å². The summed E-state index contributed by atoms with van der Waals surface area (Å²) in [6, 6.07) is 68.7. The molecule has 0 atom stereocenters. The summed E-state index contributed by atoms with van der Waals surface area (Å²) in [7, 11) is 0. The molecule has 0 aliphatic rings. The first-order chi connectivity index (χ1) is 27.3. The summed E-state index contributed by atoms with van der Waals surface area (Å²) < 4.78 is 2.42.